The maximum Gasteiger partial charge on any atom is 0.228 e. The Morgan fingerprint density at radius 2 is 1.88 bits per heavy atom. The van der Waals surface area contributed by atoms with Crippen molar-refractivity contribution < 1.29 is 9.59 Å². The summed E-state index contributed by atoms with van der Waals surface area (Å²) in [5.41, 5.74) is 1.12. The highest BCUT2D eigenvalue weighted by molar-refractivity contribution is 5.89. The van der Waals surface area contributed by atoms with Crippen molar-refractivity contribution in [2.75, 3.05) is 6.54 Å². The number of carbonyl (C=O) groups is 2. The van der Waals surface area contributed by atoms with E-state index in [1.165, 1.54) is 12.8 Å². The van der Waals surface area contributed by atoms with Crippen LogP contribution in [0.15, 0.2) is 30.3 Å². The molecule has 3 rings (SSSR count). The topological polar surface area (TPSA) is 40.6 Å². The van der Waals surface area contributed by atoms with Gasteiger partial charge in [-0.3, -0.25) is 9.59 Å². The summed E-state index contributed by atoms with van der Waals surface area (Å²) < 4.78 is 0. The van der Waals surface area contributed by atoms with Crippen LogP contribution in [0.3, 0.4) is 0 Å². The maximum absolute atomic E-state index is 13.1. The second kappa shape index (κ2) is 7.37. The molecule has 0 spiro atoms. The van der Waals surface area contributed by atoms with Crippen molar-refractivity contribution in [3.8, 4) is 0 Å². The fraction of sp³-hybridized carbons (Fsp3) is 0.600. The van der Waals surface area contributed by atoms with Gasteiger partial charge in [0.1, 0.15) is 0 Å². The molecule has 0 aromatic heterocycles. The van der Waals surface area contributed by atoms with E-state index in [1.54, 1.807) is 0 Å². The minimum atomic E-state index is -0.177. The summed E-state index contributed by atoms with van der Waals surface area (Å²) in [4.78, 5) is 29.3. The van der Waals surface area contributed by atoms with Gasteiger partial charge in [-0.25, -0.2) is 0 Å². The smallest absolute Gasteiger partial charge is 0.228 e. The molecular formula is C20H28N2O2. The Labute approximate surface area is 144 Å². The molecular weight excluding hydrogens is 300 g/mol. The van der Waals surface area contributed by atoms with Crippen LogP contribution in [0.25, 0.3) is 0 Å². The van der Waals surface area contributed by atoms with Gasteiger partial charge in [-0.15, -0.1) is 0 Å². The summed E-state index contributed by atoms with van der Waals surface area (Å²) >= 11 is 0. The van der Waals surface area contributed by atoms with Crippen LogP contribution in [0.4, 0.5) is 0 Å². The lowest BCUT2D eigenvalue weighted by Crippen LogP contribution is -2.47. The van der Waals surface area contributed by atoms with E-state index < -0.39 is 0 Å². The maximum atomic E-state index is 13.1. The Morgan fingerprint density at radius 1 is 1.21 bits per heavy atom. The molecule has 24 heavy (non-hydrogen) atoms. The molecule has 1 atom stereocenters. The van der Waals surface area contributed by atoms with Crippen molar-refractivity contribution in [2.24, 2.45) is 5.92 Å². The summed E-state index contributed by atoms with van der Waals surface area (Å²) in [6.07, 6.45) is 5.01. The van der Waals surface area contributed by atoms with Crippen molar-refractivity contribution in [3.63, 3.8) is 0 Å². The van der Waals surface area contributed by atoms with Gasteiger partial charge < -0.3 is 9.80 Å². The molecule has 2 fully saturated rings. The van der Waals surface area contributed by atoms with Crippen molar-refractivity contribution in [3.05, 3.63) is 35.9 Å². The van der Waals surface area contributed by atoms with Crippen LogP contribution in [-0.2, 0) is 16.1 Å². The van der Waals surface area contributed by atoms with E-state index in [-0.39, 0.29) is 23.8 Å². The van der Waals surface area contributed by atoms with E-state index >= 15 is 0 Å². The largest absolute Gasteiger partial charge is 0.338 e. The normalized spacial score (nSPS) is 21.7. The van der Waals surface area contributed by atoms with Gasteiger partial charge in [0.15, 0.2) is 0 Å². The standard InChI is InChI=1S/C20H28N2O2/c1-15(2)22(18-10-6-7-11-18)20(24)17-12-19(23)21(14-17)13-16-8-4-3-5-9-16/h3-5,8-9,15,17-18H,6-7,10-14H2,1-2H3. The number of nitrogens with zero attached hydrogens (tertiary/aromatic N) is 2. The van der Waals surface area contributed by atoms with E-state index in [9.17, 15) is 9.59 Å². The average molecular weight is 328 g/mol. The highest BCUT2D eigenvalue weighted by atomic mass is 16.2. The number of benzene rings is 1. The minimum Gasteiger partial charge on any atom is -0.338 e. The molecule has 4 nitrogen and oxygen atoms in total. The molecule has 130 valence electrons. The molecule has 0 N–H and O–H groups in total. The zero-order valence-electron chi connectivity index (χ0n) is 14.8. The first-order valence-corrected chi connectivity index (χ1v) is 9.20. The molecule has 2 aliphatic rings. The summed E-state index contributed by atoms with van der Waals surface area (Å²) in [5, 5.41) is 0. The first kappa shape index (κ1) is 17.0. The molecule has 0 bridgehead atoms. The summed E-state index contributed by atoms with van der Waals surface area (Å²) in [5.74, 6) is 0.109. The van der Waals surface area contributed by atoms with Crippen LogP contribution < -0.4 is 0 Å². The molecule has 1 saturated heterocycles. The molecule has 1 unspecified atom stereocenters. The van der Waals surface area contributed by atoms with Gasteiger partial charge in [-0.2, -0.15) is 0 Å². The molecule has 4 heteroatoms. The highest BCUT2D eigenvalue weighted by Gasteiger charge is 2.39. The fourth-order valence-electron chi connectivity index (χ4n) is 4.14. The number of carbonyl (C=O) groups excluding carboxylic acids is 2. The van der Waals surface area contributed by atoms with E-state index in [4.69, 9.17) is 0 Å². The predicted molar refractivity (Wildman–Crippen MR) is 94.2 cm³/mol. The molecule has 1 aliphatic carbocycles. The number of hydrogen-bond donors (Lipinski definition) is 0. The van der Waals surface area contributed by atoms with Crippen LogP contribution in [0, 0.1) is 5.92 Å². The van der Waals surface area contributed by atoms with Crippen molar-refractivity contribution in [1.82, 2.24) is 9.80 Å². The highest BCUT2D eigenvalue weighted by Crippen LogP contribution is 2.29. The number of likely N-dealkylation sites (tertiary alicyclic amines) is 1. The summed E-state index contributed by atoms with van der Waals surface area (Å²) in [6.45, 7) is 5.35. The van der Waals surface area contributed by atoms with Crippen LogP contribution in [0.5, 0.6) is 0 Å². The molecule has 1 aliphatic heterocycles. The van der Waals surface area contributed by atoms with E-state index in [0.29, 0.717) is 25.6 Å². The van der Waals surface area contributed by atoms with Gasteiger partial charge in [0.2, 0.25) is 11.8 Å². The van der Waals surface area contributed by atoms with E-state index in [0.717, 1.165) is 18.4 Å². The van der Waals surface area contributed by atoms with Crippen molar-refractivity contribution >= 4 is 11.8 Å². The number of amides is 2. The predicted octanol–water partition coefficient (Wildman–Crippen LogP) is 3.21. The number of rotatable bonds is 5. The molecule has 1 heterocycles. The Morgan fingerprint density at radius 3 is 2.50 bits per heavy atom. The lowest BCUT2D eigenvalue weighted by Gasteiger charge is -2.34. The molecule has 0 radical (unpaired) electrons. The molecule has 1 saturated carbocycles. The summed E-state index contributed by atoms with van der Waals surface area (Å²) in [7, 11) is 0. The average Bonchev–Trinajstić information content (AvgIpc) is 3.19. The second-order valence-electron chi connectivity index (χ2n) is 7.44. The Hall–Kier alpha value is -1.84. The van der Waals surface area contributed by atoms with Crippen molar-refractivity contribution in [1.29, 1.82) is 0 Å². The third-order valence-corrected chi connectivity index (χ3v) is 5.31. The van der Waals surface area contributed by atoms with Gasteiger partial charge in [0, 0.05) is 31.6 Å². The van der Waals surface area contributed by atoms with Gasteiger partial charge in [-0.1, -0.05) is 43.2 Å². The van der Waals surface area contributed by atoms with Crippen LogP contribution in [-0.4, -0.2) is 40.2 Å². The van der Waals surface area contributed by atoms with Crippen LogP contribution in [0.1, 0.15) is 51.5 Å². The third kappa shape index (κ3) is 3.63. The molecule has 2 amide bonds. The quantitative estimate of drug-likeness (QED) is 0.833. The zero-order valence-corrected chi connectivity index (χ0v) is 14.8. The Bertz CT molecular complexity index is 579. The fourth-order valence-corrected chi connectivity index (χ4v) is 4.14. The third-order valence-electron chi connectivity index (χ3n) is 5.31. The van der Waals surface area contributed by atoms with E-state index in [1.807, 2.05) is 35.2 Å². The van der Waals surface area contributed by atoms with Gasteiger partial charge in [0.25, 0.3) is 0 Å². The van der Waals surface area contributed by atoms with Crippen molar-refractivity contribution in [2.45, 2.75) is 64.6 Å². The van der Waals surface area contributed by atoms with Crippen LogP contribution >= 0.6 is 0 Å². The first-order chi connectivity index (χ1) is 11.6. The lowest BCUT2D eigenvalue weighted by atomic mass is 10.0. The monoisotopic (exact) mass is 328 g/mol. The molecule has 1 aromatic carbocycles. The number of hydrogen-bond acceptors (Lipinski definition) is 2. The minimum absolute atomic E-state index is 0.104. The zero-order chi connectivity index (χ0) is 17.1. The van der Waals surface area contributed by atoms with Gasteiger partial charge >= 0.3 is 0 Å². The Kier molecular flexibility index (Phi) is 5.22. The van der Waals surface area contributed by atoms with Gasteiger partial charge in [-0.05, 0) is 32.3 Å². The second-order valence-corrected chi connectivity index (χ2v) is 7.44. The molecule has 1 aromatic rings. The lowest BCUT2D eigenvalue weighted by molar-refractivity contribution is -0.140. The van der Waals surface area contributed by atoms with Gasteiger partial charge in [0.05, 0.1) is 5.92 Å². The Balaban J connectivity index is 1.66. The van der Waals surface area contributed by atoms with E-state index in [2.05, 4.69) is 18.7 Å². The van der Waals surface area contributed by atoms with Crippen LogP contribution in [0.2, 0.25) is 0 Å². The SMILES string of the molecule is CC(C)N(C(=O)C1CC(=O)N(Cc2ccccc2)C1)C1CCCC1. The summed E-state index contributed by atoms with van der Waals surface area (Å²) in [6, 6.07) is 10.6. The first-order valence-electron chi connectivity index (χ1n) is 9.20.